The van der Waals surface area contributed by atoms with Crippen LogP contribution in [0.15, 0.2) is 84.9 Å². The monoisotopic (exact) mass is 667 g/mol. The van der Waals surface area contributed by atoms with Crippen molar-refractivity contribution in [3.05, 3.63) is 124 Å². The number of ether oxygens (including phenoxy) is 2. The molecular formula is C43H45N3O4. The summed E-state index contributed by atoms with van der Waals surface area (Å²) in [5.74, 6) is 2.60. The predicted octanol–water partition coefficient (Wildman–Crippen LogP) is 6.52. The summed E-state index contributed by atoms with van der Waals surface area (Å²) in [4.78, 5) is 17.3. The van der Waals surface area contributed by atoms with Gasteiger partial charge in [-0.05, 0) is 110 Å². The fraction of sp³-hybridized carbons (Fsp3) is 0.419. The molecule has 1 amide bonds. The second kappa shape index (κ2) is 11.6. The molecule has 4 aromatic rings. The number of phenols is 1. The van der Waals surface area contributed by atoms with Crippen LogP contribution in [0.2, 0.25) is 0 Å². The molecule has 7 nitrogen and oxygen atoms in total. The lowest BCUT2D eigenvalue weighted by atomic mass is 9.69. The Morgan fingerprint density at radius 2 is 1.74 bits per heavy atom. The molecule has 10 rings (SSSR count). The molecule has 3 unspecified atom stereocenters. The summed E-state index contributed by atoms with van der Waals surface area (Å²) in [6, 6.07) is 30.3. The van der Waals surface area contributed by atoms with E-state index in [4.69, 9.17) is 9.47 Å². The molecule has 4 aromatic carbocycles. The lowest BCUT2D eigenvalue weighted by molar-refractivity contribution is -0.0189. The molecule has 3 fully saturated rings. The number of amides is 1. The molecule has 2 spiro atoms. The van der Waals surface area contributed by atoms with Crippen LogP contribution in [-0.2, 0) is 23.1 Å². The summed E-state index contributed by atoms with van der Waals surface area (Å²) in [7, 11) is 0. The first-order valence-electron chi connectivity index (χ1n) is 18.6. The highest BCUT2D eigenvalue weighted by atomic mass is 16.5. The molecular weight excluding hydrogens is 622 g/mol. The number of aryl methyl sites for hydroxylation is 1. The van der Waals surface area contributed by atoms with E-state index in [0.29, 0.717) is 24.1 Å². The molecule has 1 aliphatic carbocycles. The summed E-state index contributed by atoms with van der Waals surface area (Å²) in [6.07, 6.45) is 5.39. The highest BCUT2D eigenvalue weighted by molar-refractivity contribution is 5.99. The number of hydrogen-bond acceptors (Lipinski definition) is 6. The molecule has 0 radical (unpaired) electrons. The average Bonchev–Trinajstić information content (AvgIpc) is 3.84. The lowest BCUT2D eigenvalue weighted by Crippen LogP contribution is -2.61. The molecule has 5 heterocycles. The molecule has 2 N–H and O–H groups in total. The maximum atomic E-state index is 12.2. The minimum Gasteiger partial charge on any atom is -0.508 e. The lowest BCUT2D eigenvalue weighted by Gasteiger charge is -2.49. The number of nitrogens with zero attached hydrogens (tertiary/aromatic N) is 2. The predicted molar refractivity (Wildman–Crippen MR) is 193 cm³/mol. The fourth-order valence-electron chi connectivity index (χ4n) is 10.4. The number of rotatable bonds is 5. The Kier molecular flexibility index (Phi) is 7.08. The van der Waals surface area contributed by atoms with Crippen LogP contribution < -0.4 is 15.0 Å². The Morgan fingerprint density at radius 3 is 2.56 bits per heavy atom. The molecule has 5 aliphatic heterocycles. The highest BCUT2D eigenvalue weighted by Crippen LogP contribution is 2.50. The van der Waals surface area contributed by atoms with Crippen LogP contribution in [0.4, 0.5) is 5.69 Å². The summed E-state index contributed by atoms with van der Waals surface area (Å²) in [5, 5.41) is 13.2. The maximum Gasteiger partial charge on any atom is 0.252 e. The molecule has 7 heteroatoms. The first kappa shape index (κ1) is 30.5. The number of piperidine rings is 1. The number of carbonyl (C=O) groups is 1. The van der Waals surface area contributed by atoms with Gasteiger partial charge in [-0.1, -0.05) is 54.6 Å². The van der Waals surface area contributed by atoms with E-state index in [0.717, 1.165) is 94.9 Å². The van der Waals surface area contributed by atoms with Crippen molar-refractivity contribution in [1.29, 1.82) is 0 Å². The van der Waals surface area contributed by atoms with Crippen molar-refractivity contribution in [3.8, 4) is 11.5 Å². The largest absolute Gasteiger partial charge is 0.508 e. The minimum absolute atomic E-state index is 0.0207. The van der Waals surface area contributed by atoms with Crippen molar-refractivity contribution < 1.29 is 19.4 Å². The van der Waals surface area contributed by atoms with E-state index in [2.05, 4.69) is 81.8 Å². The van der Waals surface area contributed by atoms with Crippen molar-refractivity contribution in [1.82, 2.24) is 10.2 Å². The van der Waals surface area contributed by atoms with Crippen LogP contribution in [0.3, 0.4) is 0 Å². The van der Waals surface area contributed by atoms with E-state index in [1.165, 1.54) is 33.5 Å². The molecule has 3 atom stereocenters. The third kappa shape index (κ3) is 4.96. The minimum atomic E-state index is -0.0207. The van der Waals surface area contributed by atoms with E-state index in [-0.39, 0.29) is 22.8 Å². The number of hydrogen-bond donors (Lipinski definition) is 2. The van der Waals surface area contributed by atoms with Crippen molar-refractivity contribution >= 4 is 11.6 Å². The van der Waals surface area contributed by atoms with Gasteiger partial charge in [0.05, 0.1) is 13.2 Å². The Labute approximate surface area is 294 Å². The Morgan fingerprint density at radius 1 is 0.920 bits per heavy atom. The third-order valence-electron chi connectivity index (χ3n) is 13.0. The Hall–Kier alpha value is -4.33. The number of carbonyl (C=O) groups excluding carboxylic acids is 1. The average molecular weight is 668 g/mol. The standard InChI is InChI=1S/C43H45N3O4/c47-33-11-13-35-31(20-33)8-12-34(29-4-2-1-3-5-29)39(35)30-6-9-32(10-7-30)46-25-43(26-46)21-28(24-50-43)23-45-18-16-42(17-19-45)27-49-40-37-22-44-41(48)36(37)14-15-38(40)42/h1-7,9-11,13-15,20,28,34,39,47H,8,12,16-19,21-27H2,(H,44,48). The summed E-state index contributed by atoms with van der Waals surface area (Å²) < 4.78 is 12.8. The Bertz CT molecular complexity index is 1950. The zero-order chi connectivity index (χ0) is 33.5. The van der Waals surface area contributed by atoms with E-state index in [1.807, 2.05) is 18.2 Å². The number of benzene rings is 4. The number of nitrogens with one attached hydrogen (secondary N) is 1. The quantitative estimate of drug-likeness (QED) is 0.253. The van der Waals surface area contributed by atoms with Crippen LogP contribution in [-0.4, -0.2) is 67.5 Å². The number of fused-ring (bicyclic) bond motifs is 5. The van der Waals surface area contributed by atoms with Gasteiger partial charge in [-0.15, -0.1) is 0 Å². The molecule has 0 bridgehead atoms. The van der Waals surface area contributed by atoms with Gasteiger partial charge in [-0.25, -0.2) is 0 Å². The van der Waals surface area contributed by atoms with Crippen LogP contribution >= 0.6 is 0 Å². The van der Waals surface area contributed by atoms with Crippen LogP contribution in [0.5, 0.6) is 11.5 Å². The highest BCUT2D eigenvalue weighted by Gasteiger charge is 2.51. The number of aromatic hydroxyl groups is 1. The molecule has 6 aliphatic rings. The summed E-state index contributed by atoms with van der Waals surface area (Å²) in [6.45, 7) is 7.35. The SMILES string of the molecule is O=C1NCc2c1ccc1c2OCC12CCN(CC1COC3(C1)CN(c1ccc(C4c5ccc(O)cc5CCC4c4ccccc4)cc1)C3)CC2. The van der Waals surface area contributed by atoms with E-state index in [9.17, 15) is 9.90 Å². The van der Waals surface area contributed by atoms with Crippen molar-refractivity contribution in [2.45, 2.75) is 61.5 Å². The van der Waals surface area contributed by atoms with Crippen molar-refractivity contribution in [3.63, 3.8) is 0 Å². The van der Waals surface area contributed by atoms with Gasteiger partial charge in [0.1, 0.15) is 17.1 Å². The summed E-state index contributed by atoms with van der Waals surface area (Å²) >= 11 is 0. The van der Waals surface area contributed by atoms with E-state index in [1.54, 1.807) is 0 Å². The molecule has 3 saturated heterocycles. The second-order valence-electron chi connectivity index (χ2n) is 15.9. The molecule has 256 valence electrons. The van der Waals surface area contributed by atoms with Gasteiger partial charge in [0, 0.05) is 59.9 Å². The topological polar surface area (TPSA) is 74.3 Å². The normalized spacial score (nSPS) is 25.9. The van der Waals surface area contributed by atoms with E-state index < -0.39 is 0 Å². The van der Waals surface area contributed by atoms with Gasteiger partial charge in [-0.3, -0.25) is 4.79 Å². The third-order valence-corrected chi connectivity index (χ3v) is 13.0. The Balaban J connectivity index is 0.770. The maximum absolute atomic E-state index is 12.2. The van der Waals surface area contributed by atoms with Gasteiger partial charge in [-0.2, -0.15) is 0 Å². The van der Waals surface area contributed by atoms with E-state index >= 15 is 0 Å². The fourth-order valence-corrected chi connectivity index (χ4v) is 10.4. The zero-order valence-corrected chi connectivity index (χ0v) is 28.6. The van der Waals surface area contributed by atoms with Gasteiger partial charge in [0.2, 0.25) is 0 Å². The van der Waals surface area contributed by atoms with Crippen molar-refractivity contribution in [2.24, 2.45) is 5.92 Å². The molecule has 0 saturated carbocycles. The number of phenolic OH excluding ortho intramolecular Hbond substituents is 1. The number of anilines is 1. The van der Waals surface area contributed by atoms with Crippen LogP contribution in [0.1, 0.15) is 81.3 Å². The van der Waals surface area contributed by atoms with Gasteiger partial charge >= 0.3 is 0 Å². The first-order valence-corrected chi connectivity index (χ1v) is 18.6. The van der Waals surface area contributed by atoms with Crippen LogP contribution in [0, 0.1) is 5.92 Å². The van der Waals surface area contributed by atoms with Gasteiger partial charge in [0.25, 0.3) is 5.91 Å². The van der Waals surface area contributed by atoms with Crippen LogP contribution in [0.25, 0.3) is 0 Å². The van der Waals surface area contributed by atoms with Gasteiger partial charge in [0.15, 0.2) is 0 Å². The molecule has 0 aromatic heterocycles. The zero-order valence-electron chi connectivity index (χ0n) is 28.6. The number of likely N-dealkylation sites (tertiary alicyclic amines) is 1. The molecule has 50 heavy (non-hydrogen) atoms. The second-order valence-corrected chi connectivity index (χ2v) is 15.9. The first-order chi connectivity index (χ1) is 24.5. The smallest absolute Gasteiger partial charge is 0.252 e. The summed E-state index contributed by atoms with van der Waals surface area (Å²) in [5.41, 5.74) is 9.83. The van der Waals surface area contributed by atoms with Gasteiger partial charge < -0.3 is 29.7 Å². The van der Waals surface area contributed by atoms with Crippen molar-refractivity contribution in [2.75, 3.05) is 50.8 Å².